The number of anilines is 1. The first-order valence-corrected chi connectivity index (χ1v) is 10.4. The molecule has 2 rings (SSSR count). The number of amides is 1. The lowest BCUT2D eigenvalue weighted by atomic mass is 10.1. The van der Waals surface area contributed by atoms with E-state index in [2.05, 4.69) is 15.6 Å². The molecule has 2 aromatic rings. The Balaban J connectivity index is 2.09. The number of aryl methyl sites for hydroxylation is 1. The lowest BCUT2D eigenvalue weighted by Crippen LogP contribution is -2.30. The van der Waals surface area contributed by atoms with Crippen LogP contribution in [0, 0.1) is 13.8 Å². The highest BCUT2D eigenvalue weighted by atomic mass is 32.2. The maximum absolute atomic E-state index is 13.0. The monoisotopic (exact) mass is 444 g/mol. The Labute approximate surface area is 173 Å². The molecule has 0 fully saturated rings. The number of benzene rings is 1. The topological polar surface area (TPSA) is 91.4 Å². The number of nitrogens with zero attached hydrogens (tertiary/aromatic N) is 2. The van der Waals surface area contributed by atoms with Gasteiger partial charge in [0, 0.05) is 38.9 Å². The lowest BCUT2D eigenvalue weighted by Gasteiger charge is -2.17. The predicted molar refractivity (Wildman–Crippen MR) is 107 cm³/mol. The third kappa shape index (κ3) is 5.28. The van der Waals surface area contributed by atoms with Crippen LogP contribution in [0.4, 0.5) is 19.0 Å². The van der Waals surface area contributed by atoms with Gasteiger partial charge in [0.25, 0.3) is 5.91 Å². The van der Waals surface area contributed by atoms with Crippen molar-refractivity contribution in [2.75, 3.05) is 32.5 Å². The second-order valence-electron chi connectivity index (χ2n) is 6.78. The van der Waals surface area contributed by atoms with E-state index in [1.54, 1.807) is 19.9 Å². The first-order chi connectivity index (χ1) is 13.9. The number of hydrogen-bond acceptors (Lipinski definition) is 5. The molecule has 0 aliphatic heterocycles. The zero-order valence-corrected chi connectivity index (χ0v) is 17.8. The van der Waals surface area contributed by atoms with Crippen LogP contribution in [0.3, 0.4) is 0 Å². The number of sulfonamides is 1. The molecule has 7 nitrogen and oxygen atoms in total. The van der Waals surface area contributed by atoms with Crippen molar-refractivity contribution in [1.82, 2.24) is 14.6 Å². The van der Waals surface area contributed by atoms with Gasteiger partial charge in [-0.25, -0.2) is 17.7 Å². The summed E-state index contributed by atoms with van der Waals surface area (Å²) in [6.45, 7) is 3.36. The van der Waals surface area contributed by atoms with Gasteiger partial charge in [-0.15, -0.1) is 0 Å². The van der Waals surface area contributed by atoms with E-state index in [1.807, 2.05) is 0 Å². The van der Waals surface area contributed by atoms with E-state index >= 15 is 0 Å². The van der Waals surface area contributed by atoms with E-state index in [0.29, 0.717) is 11.1 Å². The standard InChI is InChI=1S/C19H23F3N4O3S/c1-12-10-14(11-16(13(12)2)30(28,29)26(3)4)18(27)25-9-8-24-17-15(19(20,21)22)6-5-7-23-17/h5-7,10-11H,8-9H2,1-4H3,(H,23,24)(H,25,27). The minimum absolute atomic E-state index is 0.000466. The minimum Gasteiger partial charge on any atom is -0.368 e. The van der Waals surface area contributed by atoms with Gasteiger partial charge in [0.15, 0.2) is 0 Å². The van der Waals surface area contributed by atoms with Crippen LogP contribution in [0.1, 0.15) is 27.0 Å². The molecule has 0 unspecified atom stereocenters. The summed E-state index contributed by atoms with van der Waals surface area (Å²) in [4.78, 5) is 16.2. The number of rotatable bonds is 7. The van der Waals surface area contributed by atoms with Crippen LogP contribution in [-0.4, -0.2) is 50.8 Å². The van der Waals surface area contributed by atoms with Crippen LogP contribution in [0.5, 0.6) is 0 Å². The number of halogens is 3. The maximum Gasteiger partial charge on any atom is 0.419 e. The van der Waals surface area contributed by atoms with Crippen molar-refractivity contribution in [3.63, 3.8) is 0 Å². The normalized spacial score (nSPS) is 12.1. The first kappa shape index (κ1) is 23.6. The number of hydrogen-bond donors (Lipinski definition) is 2. The molecule has 0 aliphatic rings. The van der Waals surface area contributed by atoms with Crippen molar-refractivity contribution >= 4 is 21.7 Å². The highest BCUT2D eigenvalue weighted by Crippen LogP contribution is 2.33. The number of carbonyl (C=O) groups excluding carboxylic acids is 1. The van der Waals surface area contributed by atoms with E-state index in [0.717, 1.165) is 10.4 Å². The number of nitrogens with one attached hydrogen (secondary N) is 2. The average Bonchev–Trinajstić information content (AvgIpc) is 2.66. The van der Waals surface area contributed by atoms with E-state index in [-0.39, 0.29) is 29.4 Å². The Morgan fingerprint density at radius 2 is 1.83 bits per heavy atom. The number of pyridine rings is 1. The molecule has 0 radical (unpaired) electrons. The summed E-state index contributed by atoms with van der Waals surface area (Å²) in [6.07, 6.45) is -3.31. The Bertz CT molecular complexity index is 1040. The van der Waals surface area contributed by atoms with Gasteiger partial charge in [0.05, 0.1) is 10.5 Å². The zero-order chi connectivity index (χ0) is 22.7. The van der Waals surface area contributed by atoms with Gasteiger partial charge in [-0.05, 0) is 49.2 Å². The summed E-state index contributed by atoms with van der Waals surface area (Å²) in [7, 11) is -0.944. The molecule has 0 atom stereocenters. The Morgan fingerprint density at radius 3 is 2.43 bits per heavy atom. The van der Waals surface area contributed by atoms with Crippen molar-refractivity contribution in [2.45, 2.75) is 24.9 Å². The van der Waals surface area contributed by atoms with E-state index < -0.39 is 27.7 Å². The van der Waals surface area contributed by atoms with E-state index in [9.17, 15) is 26.4 Å². The molecule has 0 aliphatic carbocycles. The summed E-state index contributed by atoms with van der Waals surface area (Å²) < 4.78 is 65.0. The second-order valence-corrected chi connectivity index (χ2v) is 8.90. The van der Waals surface area contributed by atoms with Gasteiger partial charge < -0.3 is 10.6 Å². The van der Waals surface area contributed by atoms with E-state index in [4.69, 9.17) is 0 Å². The Kier molecular flexibility index (Phi) is 7.09. The molecule has 11 heteroatoms. The molecule has 0 spiro atoms. The molecule has 30 heavy (non-hydrogen) atoms. The van der Waals surface area contributed by atoms with Crippen molar-refractivity contribution in [1.29, 1.82) is 0 Å². The molecule has 1 aromatic carbocycles. The van der Waals surface area contributed by atoms with Gasteiger partial charge in [-0.3, -0.25) is 4.79 Å². The minimum atomic E-state index is -4.55. The van der Waals surface area contributed by atoms with Crippen LogP contribution in [0.15, 0.2) is 35.4 Å². The van der Waals surface area contributed by atoms with Crippen molar-refractivity contribution in [3.05, 3.63) is 52.7 Å². The van der Waals surface area contributed by atoms with Crippen molar-refractivity contribution < 1.29 is 26.4 Å². The number of carbonyl (C=O) groups is 1. The van der Waals surface area contributed by atoms with E-state index in [1.165, 1.54) is 32.4 Å². The van der Waals surface area contributed by atoms with Crippen LogP contribution >= 0.6 is 0 Å². The molecule has 1 aromatic heterocycles. The fraction of sp³-hybridized carbons (Fsp3) is 0.368. The summed E-state index contributed by atoms with van der Waals surface area (Å²) in [5, 5.41) is 5.11. The van der Waals surface area contributed by atoms with Crippen LogP contribution in [0.2, 0.25) is 0 Å². The molecule has 2 N–H and O–H groups in total. The Morgan fingerprint density at radius 1 is 1.17 bits per heavy atom. The summed E-state index contributed by atoms with van der Waals surface area (Å²) in [5.41, 5.74) is 0.414. The number of alkyl halides is 3. The molecular formula is C19H23F3N4O3S. The summed E-state index contributed by atoms with van der Waals surface area (Å²) >= 11 is 0. The highest BCUT2D eigenvalue weighted by molar-refractivity contribution is 7.89. The molecule has 0 saturated carbocycles. The Hall–Kier alpha value is -2.66. The predicted octanol–water partition coefficient (Wildman–Crippen LogP) is 2.81. The molecule has 1 heterocycles. The van der Waals surface area contributed by atoms with Gasteiger partial charge in [0.2, 0.25) is 10.0 Å². The van der Waals surface area contributed by atoms with Crippen LogP contribution in [-0.2, 0) is 16.2 Å². The smallest absolute Gasteiger partial charge is 0.368 e. The summed E-state index contributed by atoms with van der Waals surface area (Å²) in [5.74, 6) is -0.864. The molecule has 1 amide bonds. The lowest BCUT2D eigenvalue weighted by molar-refractivity contribution is -0.137. The van der Waals surface area contributed by atoms with Gasteiger partial charge >= 0.3 is 6.18 Å². The molecule has 0 saturated heterocycles. The molecular weight excluding hydrogens is 421 g/mol. The van der Waals surface area contributed by atoms with Gasteiger partial charge in [-0.1, -0.05) is 0 Å². The van der Waals surface area contributed by atoms with Crippen LogP contribution in [0.25, 0.3) is 0 Å². The van der Waals surface area contributed by atoms with Gasteiger partial charge in [-0.2, -0.15) is 13.2 Å². The number of aromatic nitrogens is 1. The third-order valence-corrected chi connectivity index (χ3v) is 6.40. The average molecular weight is 444 g/mol. The zero-order valence-electron chi connectivity index (χ0n) is 17.0. The highest BCUT2D eigenvalue weighted by Gasteiger charge is 2.34. The fourth-order valence-corrected chi connectivity index (χ4v) is 3.87. The van der Waals surface area contributed by atoms with Gasteiger partial charge in [0.1, 0.15) is 5.82 Å². The quantitative estimate of drug-likeness (QED) is 0.641. The molecule has 164 valence electrons. The second kappa shape index (κ2) is 9.00. The van der Waals surface area contributed by atoms with Crippen molar-refractivity contribution in [3.8, 4) is 0 Å². The largest absolute Gasteiger partial charge is 0.419 e. The summed E-state index contributed by atoms with van der Waals surface area (Å²) in [6, 6.07) is 4.96. The fourth-order valence-electron chi connectivity index (χ4n) is 2.66. The third-order valence-electron chi connectivity index (χ3n) is 4.46. The maximum atomic E-state index is 13.0. The van der Waals surface area contributed by atoms with Crippen molar-refractivity contribution in [2.24, 2.45) is 0 Å². The SMILES string of the molecule is Cc1cc(C(=O)NCCNc2ncccc2C(F)(F)F)cc(S(=O)(=O)N(C)C)c1C. The van der Waals surface area contributed by atoms with Crippen LogP contribution < -0.4 is 10.6 Å². The molecule has 0 bridgehead atoms. The first-order valence-electron chi connectivity index (χ1n) is 8.93.